The minimum Gasteiger partial charge on any atom is -0.506 e. The lowest BCUT2D eigenvalue weighted by Gasteiger charge is -2.36. The minimum atomic E-state index is -4.18. The highest BCUT2D eigenvalue weighted by Crippen LogP contribution is 2.38. The van der Waals surface area contributed by atoms with Crippen LogP contribution in [0.5, 0.6) is 5.75 Å². The Bertz CT molecular complexity index is 525. The minimum absolute atomic E-state index is 0. The SMILES string of the molecule is Cl.Oc1c(I)cc(I)cc1[C@H](CCC(F)(F)F)N1CCNCC1. The molecule has 0 radical (unpaired) electrons. The molecule has 1 aliphatic rings. The molecular formula is C14H18ClF3I2N2O. The largest absolute Gasteiger partial charge is 0.506 e. The van der Waals surface area contributed by atoms with Gasteiger partial charge in [0.25, 0.3) is 0 Å². The average molecular weight is 577 g/mol. The van der Waals surface area contributed by atoms with E-state index >= 15 is 0 Å². The fraction of sp³-hybridized carbons (Fsp3) is 0.571. The Kier molecular flexibility index (Phi) is 8.66. The molecule has 132 valence electrons. The summed E-state index contributed by atoms with van der Waals surface area (Å²) in [6.07, 6.45) is -5.06. The highest BCUT2D eigenvalue weighted by atomic mass is 127. The van der Waals surface area contributed by atoms with Crippen LogP contribution in [0.4, 0.5) is 13.2 Å². The Morgan fingerprint density at radius 1 is 1.22 bits per heavy atom. The first-order valence-corrected chi connectivity index (χ1v) is 9.13. The maximum atomic E-state index is 12.7. The molecule has 3 nitrogen and oxygen atoms in total. The number of hydrogen-bond acceptors (Lipinski definition) is 3. The van der Waals surface area contributed by atoms with Crippen molar-refractivity contribution in [3.8, 4) is 5.75 Å². The van der Waals surface area contributed by atoms with E-state index in [1.807, 2.05) is 33.6 Å². The van der Waals surface area contributed by atoms with E-state index in [4.69, 9.17) is 0 Å². The molecule has 1 saturated heterocycles. The summed E-state index contributed by atoms with van der Waals surface area (Å²) in [6.45, 7) is 2.88. The van der Waals surface area contributed by atoms with Crippen LogP contribution in [-0.4, -0.2) is 42.4 Å². The first-order chi connectivity index (χ1) is 10.3. The molecule has 0 amide bonds. The van der Waals surface area contributed by atoms with Crippen molar-refractivity contribution in [2.24, 2.45) is 0 Å². The van der Waals surface area contributed by atoms with Gasteiger partial charge in [-0.3, -0.25) is 4.90 Å². The quantitative estimate of drug-likeness (QED) is 0.525. The predicted molar refractivity (Wildman–Crippen MR) is 103 cm³/mol. The maximum Gasteiger partial charge on any atom is 0.389 e. The molecule has 9 heteroatoms. The van der Waals surface area contributed by atoms with E-state index in [-0.39, 0.29) is 24.6 Å². The van der Waals surface area contributed by atoms with Crippen LogP contribution in [0.25, 0.3) is 0 Å². The number of phenols is 1. The van der Waals surface area contributed by atoms with Gasteiger partial charge >= 0.3 is 6.18 Å². The third-order valence-corrected chi connectivity index (χ3v) is 5.16. The van der Waals surface area contributed by atoms with Crippen LogP contribution in [0, 0.1) is 7.14 Å². The molecular weight excluding hydrogens is 558 g/mol. The fourth-order valence-electron chi connectivity index (χ4n) is 2.67. The molecule has 2 rings (SSSR count). The Hall–Kier alpha value is 0.480. The first-order valence-electron chi connectivity index (χ1n) is 6.97. The molecule has 1 atom stereocenters. The first kappa shape index (κ1) is 21.5. The molecule has 0 saturated carbocycles. The van der Waals surface area contributed by atoms with Gasteiger partial charge in [0.15, 0.2) is 0 Å². The number of nitrogens with zero attached hydrogens (tertiary/aromatic N) is 1. The molecule has 2 N–H and O–H groups in total. The molecule has 0 unspecified atom stereocenters. The van der Waals surface area contributed by atoms with E-state index in [0.717, 1.165) is 16.7 Å². The van der Waals surface area contributed by atoms with Gasteiger partial charge in [-0.2, -0.15) is 13.2 Å². The van der Waals surface area contributed by atoms with E-state index in [0.29, 0.717) is 22.2 Å². The monoisotopic (exact) mass is 576 g/mol. The van der Waals surface area contributed by atoms with Crippen molar-refractivity contribution in [2.75, 3.05) is 26.2 Å². The smallest absolute Gasteiger partial charge is 0.389 e. The van der Waals surface area contributed by atoms with Gasteiger partial charge < -0.3 is 10.4 Å². The zero-order chi connectivity index (χ0) is 16.3. The number of nitrogens with one attached hydrogen (secondary N) is 1. The third-order valence-electron chi connectivity index (χ3n) is 3.71. The number of phenolic OH excluding ortho intramolecular Hbond substituents is 1. The molecule has 0 spiro atoms. The highest BCUT2D eigenvalue weighted by molar-refractivity contribution is 14.1. The Balaban J connectivity index is 0.00000264. The molecule has 0 aliphatic carbocycles. The topological polar surface area (TPSA) is 35.5 Å². The zero-order valence-electron chi connectivity index (χ0n) is 12.2. The van der Waals surface area contributed by atoms with Crippen LogP contribution < -0.4 is 5.32 Å². The average Bonchev–Trinajstić information content (AvgIpc) is 2.44. The number of halogens is 6. The normalized spacial score (nSPS) is 17.6. The maximum absolute atomic E-state index is 12.7. The molecule has 1 fully saturated rings. The summed E-state index contributed by atoms with van der Waals surface area (Å²) >= 11 is 4.14. The van der Waals surface area contributed by atoms with E-state index in [2.05, 4.69) is 27.9 Å². The van der Waals surface area contributed by atoms with Gasteiger partial charge in [-0.25, -0.2) is 0 Å². The van der Waals surface area contributed by atoms with Crippen molar-refractivity contribution >= 4 is 57.6 Å². The van der Waals surface area contributed by atoms with Gasteiger partial charge in [-0.15, -0.1) is 12.4 Å². The van der Waals surface area contributed by atoms with Gasteiger partial charge in [-0.1, -0.05) is 0 Å². The summed E-state index contributed by atoms with van der Waals surface area (Å²) in [7, 11) is 0. The molecule has 1 aliphatic heterocycles. The van der Waals surface area contributed by atoms with Crippen LogP contribution in [0.2, 0.25) is 0 Å². The van der Waals surface area contributed by atoms with E-state index in [9.17, 15) is 18.3 Å². The van der Waals surface area contributed by atoms with Gasteiger partial charge in [0.2, 0.25) is 0 Å². The lowest BCUT2D eigenvalue weighted by Crippen LogP contribution is -2.45. The molecule has 0 bridgehead atoms. The molecule has 1 aromatic rings. The second-order valence-electron chi connectivity index (χ2n) is 5.28. The van der Waals surface area contributed by atoms with Crippen molar-refractivity contribution in [1.29, 1.82) is 0 Å². The van der Waals surface area contributed by atoms with Crippen molar-refractivity contribution in [3.63, 3.8) is 0 Å². The Morgan fingerprint density at radius 3 is 2.39 bits per heavy atom. The zero-order valence-corrected chi connectivity index (χ0v) is 17.3. The molecule has 23 heavy (non-hydrogen) atoms. The van der Waals surface area contributed by atoms with Crippen molar-refractivity contribution in [1.82, 2.24) is 10.2 Å². The summed E-state index contributed by atoms with van der Waals surface area (Å²) in [5, 5.41) is 13.5. The van der Waals surface area contributed by atoms with Gasteiger partial charge in [0.05, 0.1) is 3.57 Å². The van der Waals surface area contributed by atoms with Gasteiger partial charge in [0, 0.05) is 47.8 Å². The molecule has 0 aromatic heterocycles. The molecule has 1 aromatic carbocycles. The Morgan fingerprint density at radius 2 is 1.83 bits per heavy atom. The van der Waals surface area contributed by atoms with Gasteiger partial charge in [0.1, 0.15) is 5.75 Å². The number of alkyl halides is 3. The number of hydrogen-bond donors (Lipinski definition) is 2. The van der Waals surface area contributed by atoms with Crippen molar-refractivity contribution in [3.05, 3.63) is 24.8 Å². The summed E-state index contributed by atoms with van der Waals surface area (Å²) in [5.74, 6) is 0.103. The van der Waals surface area contributed by atoms with Crippen LogP contribution in [-0.2, 0) is 0 Å². The number of aromatic hydroxyl groups is 1. The van der Waals surface area contributed by atoms with E-state index < -0.39 is 18.6 Å². The summed E-state index contributed by atoms with van der Waals surface area (Å²) < 4.78 is 39.6. The number of benzene rings is 1. The highest BCUT2D eigenvalue weighted by Gasteiger charge is 2.32. The summed E-state index contributed by atoms with van der Waals surface area (Å²) in [5.41, 5.74) is 0.599. The predicted octanol–water partition coefficient (Wildman–Crippen LogP) is 4.31. The van der Waals surface area contributed by atoms with E-state index in [1.165, 1.54) is 0 Å². The standard InChI is InChI=1S/C14H17F3I2N2O.ClH/c15-14(16,17)2-1-12(21-5-3-20-4-6-21)10-7-9(18)8-11(19)13(10)22;/h7-8,12,20,22H,1-6H2;1H/t12-;/m0./s1. The van der Waals surface area contributed by atoms with Crippen LogP contribution >= 0.6 is 57.6 Å². The Labute approximate surface area is 167 Å². The summed E-state index contributed by atoms with van der Waals surface area (Å²) in [6, 6.07) is 3.20. The fourth-order valence-corrected chi connectivity index (χ4v) is 4.56. The summed E-state index contributed by atoms with van der Waals surface area (Å²) in [4.78, 5) is 2.03. The van der Waals surface area contributed by atoms with Crippen LogP contribution in [0.15, 0.2) is 12.1 Å². The van der Waals surface area contributed by atoms with Crippen molar-refractivity contribution in [2.45, 2.75) is 25.1 Å². The second-order valence-corrected chi connectivity index (χ2v) is 7.69. The second kappa shape index (κ2) is 9.25. The van der Waals surface area contributed by atoms with E-state index in [1.54, 1.807) is 6.07 Å². The lowest BCUT2D eigenvalue weighted by molar-refractivity contribution is -0.138. The number of piperazine rings is 1. The molecule has 1 heterocycles. The third kappa shape index (κ3) is 6.37. The van der Waals surface area contributed by atoms with Crippen molar-refractivity contribution < 1.29 is 18.3 Å². The van der Waals surface area contributed by atoms with Gasteiger partial charge in [-0.05, 0) is 63.7 Å². The van der Waals surface area contributed by atoms with Crippen LogP contribution in [0.1, 0.15) is 24.4 Å². The van der Waals surface area contributed by atoms with Crippen LogP contribution in [0.3, 0.4) is 0 Å². The number of rotatable bonds is 4. The lowest BCUT2D eigenvalue weighted by atomic mass is 9.98.